The molecule has 1 atom stereocenters. The van der Waals surface area contributed by atoms with Gasteiger partial charge in [0.25, 0.3) is 0 Å². The minimum atomic E-state index is -4.92. The molecular weight excluding hydrogens is 379 g/mol. The molecule has 1 N–H and O–H groups in total. The average molecular weight is 392 g/mol. The molecular formula is C12H13ClF3NO4S2. The molecule has 0 spiro atoms. The minimum Gasteiger partial charge on any atom is -0.229 e. The van der Waals surface area contributed by atoms with Crippen molar-refractivity contribution >= 4 is 31.5 Å². The van der Waals surface area contributed by atoms with Crippen molar-refractivity contribution in [2.45, 2.75) is 30.0 Å². The lowest BCUT2D eigenvalue weighted by molar-refractivity contribution is -0.139. The number of hydrogen-bond donors (Lipinski definition) is 1. The molecule has 1 aromatic rings. The molecule has 1 aliphatic rings. The normalized spacial score (nSPS) is 24.7. The van der Waals surface area contributed by atoms with Crippen molar-refractivity contribution in [1.82, 2.24) is 4.72 Å². The Morgan fingerprint density at radius 3 is 2.39 bits per heavy atom. The van der Waals surface area contributed by atoms with Gasteiger partial charge in [-0.2, -0.15) is 13.2 Å². The fraction of sp³-hybridized carbons (Fsp3) is 0.500. The first-order valence-corrected chi connectivity index (χ1v) is 10.0. The van der Waals surface area contributed by atoms with Crippen LogP contribution in [0.5, 0.6) is 0 Å². The quantitative estimate of drug-likeness (QED) is 0.856. The van der Waals surface area contributed by atoms with Crippen molar-refractivity contribution in [3.05, 3.63) is 28.8 Å². The number of nitrogens with one attached hydrogen (secondary N) is 1. The Hall–Kier alpha value is -0.840. The summed E-state index contributed by atoms with van der Waals surface area (Å²) in [6.45, 7) is 1.35. The molecule has 0 saturated carbocycles. The highest BCUT2D eigenvalue weighted by Crippen LogP contribution is 2.36. The van der Waals surface area contributed by atoms with E-state index in [1.54, 1.807) is 0 Å². The molecule has 5 nitrogen and oxygen atoms in total. The Morgan fingerprint density at radius 1 is 1.30 bits per heavy atom. The van der Waals surface area contributed by atoms with Crippen LogP contribution >= 0.6 is 11.6 Å². The zero-order valence-corrected chi connectivity index (χ0v) is 14.2. The van der Waals surface area contributed by atoms with Gasteiger partial charge in [0.05, 0.1) is 22.0 Å². The molecule has 1 unspecified atom stereocenters. The van der Waals surface area contributed by atoms with Gasteiger partial charge in [-0.1, -0.05) is 11.6 Å². The summed E-state index contributed by atoms with van der Waals surface area (Å²) in [6.07, 6.45) is -4.93. The van der Waals surface area contributed by atoms with E-state index in [-0.39, 0.29) is 17.2 Å². The lowest BCUT2D eigenvalue weighted by atomic mass is 10.0. The van der Waals surface area contributed by atoms with Crippen LogP contribution in [0.4, 0.5) is 13.2 Å². The van der Waals surface area contributed by atoms with Crippen molar-refractivity contribution in [3.63, 3.8) is 0 Å². The molecule has 1 saturated heterocycles. The van der Waals surface area contributed by atoms with Gasteiger partial charge < -0.3 is 0 Å². The number of benzene rings is 1. The van der Waals surface area contributed by atoms with Crippen LogP contribution in [0, 0.1) is 0 Å². The molecule has 0 amide bonds. The highest BCUT2D eigenvalue weighted by atomic mass is 35.5. The Labute approximate surface area is 136 Å². The summed E-state index contributed by atoms with van der Waals surface area (Å²) in [5, 5.41) is -0.258. The van der Waals surface area contributed by atoms with Crippen molar-refractivity contribution in [1.29, 1.82) is 0 Å². The van der Waals surface area contributed by atoms with E-state index < -0.39 is 47.8 Å². The number of sulfonamides is 1. The highest BCUT2D eigenvalue weighted by Gasteiger charge is 2.44. The third-order valence-corrected chi connectivity index (χ3v) is 7.26. The fourth-order valence-corrected chi connectivity index (χ4v) is 6.43. The summed E-state index contributed by atoms with van der Waals surface area (Å²) in [6, 6.07) is 2.29. The molecule has 1 aromatic carbocycles. The van der Waals surface area contributed by atoms with Crippen LogP contribution in [0.3, 0.4) is 0 Å². The molecule has 11 heteroatoms. The smallest absolute Gasteiger partial charge is 0.229 e. The van der Waals surface area contributed by atoms with Gasteiger partial charge in [-0.3, -0.25) is 0 Å². The second-order valence-electron chi connectivity index (χ2n) is 5.65. The molecule has 0 aromatic heterocycles. The Bertz CT molecular complexity index is 836. The lowest BCUT2D eigenvalue weighted by Crippen LogP contribution is -2.47. The first-order chi connectivity index (χ1) is 10.2. The van der Waals surface area contributed by atoms with Crippen LogP contribution < -0.4 is 4.72 Å². The molecule has 0 bridgehead atoms. The number of sulfone groups is 1. The van der Waals surface area contributed by atoms with Gasteiger partial charge in [0.2, 0.25) is 10.0 Å². The summed E-state index contributed by atoms with van der Waals surface area (Å²) in [5.41, 5.74) is -2.75. The minimum absolute atomic E-state index is 0.0104. The number of alkyl halides is 3. The second kappa shape index (κ2) is 5.61. The topological polar surface area (TPSA) is 80.3 Å². The molecule has 2 rings (SSSR count). The number of hydrogen-bond acceptors (Lipinski definition) is 4. The zero-order valence-electron chi connectivity index (χ0n) is 11.8. The predicted octanol–water partition coefficient (Wildman–Crippen LogP) is 2.21. The standard InChI is InChI=1S/C12H13ClF3NO4S2/c1-11(4-5-22(18,19)7-11)17-23(20,21)10-3-2-8(13)6-9(10)12(14,15)16/h2-3,6,17H,4-5,7H2,1H3. The van der Waals surface area contributed by atoms with E-state index in [1.807, 2.05) is 0 Å². The third-order valence-electron chi connectivity index (χ3n) is 3.42. The van der Waals surface area contributed by atoms with Crippen LogP contribution in [0.1, 0.15) is 18.9 Å². The van der Waals surface area contributed by atoms with E-state index in [1.165, 1.54) is 6.92 Å². The van der Waals surface area contributed by atoms with E-state index in [9.17, 15) is 30.0 Å². The molecule has 130 valence electrons. The van der Waals surface area contributed by atoms with Gasteiger partial charge in [-0.05, 0) is 31.5 Å². The molecule has 1 fully saturated rings. The highest BCUT2D eigenvalue weighted by molar-refractivity contribution is 7.92. The number of rotatable bonds is 3. The van der Waals surface area contributed by atoms with Crippen molar-refractivity contribution < 1.29 is 30.0 Å². The maximum absolute atomic E-state index is 13.0. The monoisotopic (exact) mass is 391 g/mol. The molecule has 23 heavy (non-hydrogen) atoms. The summed E-state index contributed by atoms with van der Waals surface area (Å²) >= 11 is 5.51. The van der Waals surface area contributed by atoms with Crippen LogP contribution in [-0.4, -0.2) is 33.9 Å². The van der Waals surface area contributed by atoms with E-state index in [4.69, 9.17) is 11.6 Å². The van der Waals surface area contributed by atoms with E-state index >= 15 is 0 Å². The predicted molar refractivity (Wildman–Crippen MR) is 78.5 cm³/mol. The summed E-state index contributed by atoms with van der Waals surface area (Å²) in [4.78, 5) is -0.986. The van der Waals surface area contributed by atoms with Crippen LogP contribution in [0.15, 0.2) is 23.1 Å². The fourth-order valence-electron chi connectivity index (χ4n) is 2.43. The molecule has 1 heterocycles. The molecule has 0 aliphatic carbocycles. The molecule has 0 radical (unpaired) electrons. The lowest BCUT2D eigenvalue weighted by Gasteiger charge is -2.24. The third kappa shape index (κ3) is 4.17. The van der Waals surface area contributed by atoms with Crippen molar-refractivity contribution in [2.24, 2.45) is 0 Å². The van der Waals surface area contributed by atoms with Crippen LogP contribution in [0.25, 0.3) is 0 Å². The molecule has 1 aliphatic heterocycles. The van der Waals surface area contributed by atoms with Crippen LogP contribution in [0.2, 0.25) is 5.02 Å². The van der Waals surface area contributed by atoms with Gasteiger partial charge in [0.15, 0.2) is 9.84 Å². The largest absolute Gasteiger partial charge is 0.417 e. The van der Waals surface area contributed by atoms with E-state index in [0.717, 1.165) is 12.1 Å². The maximum Gasteiger partial charge on any atom is 0.417 e. The zero-order chi connectivity index (χ0) is 17.7. The number of halogens is 4. The van der Waals surface area contributed by atoms with Crippen molar-refractivity contribution in [3.8, 4) is 0 Å². The first-order valence-electron chi connectivity index (χ1n) is 6.35. The second-order valence-corrected chi connectivity index (χ2v) is 9.92. The van der Waals surface area contributed by atoms with Gasteiger partial charge in [0.1, 0.15) is 0 Å². The average Bonchev–Trinajstić information content (AvgIpc) is 2.60. The Morgan fingerprint density at radius 2 is 1.91 bits per heavy atom. The Balaban J connectivity index is 2.46. The van der Waals surface area contributed by atoms with Gasteiger partial charge >= 0.3 is 6.18 Å². The summed E-state index contributed by atoms with van der Waals surface area (Å²) in [7, 11) is -8.00. The summed E-state index contributed by atoms with van der Waals surface area (Å²) in [5.74, 6) is -0.688. The van der Waals surface area contributed by atoms with Crippen LogP contribution in [-0.2, 0) is 26.0 Å². The van der Waals surface area contributed by atoms with Gasteiger partial charge in [-0.25, -0.2) is 21.6 Å². The Kier molecular flexibility index (Phi) is 4.51. The SMILES string of the molecule is CC1(NS(=O)(=O)c2ccc(Cl)cc2C(F)(F)F)CCS(=O)(=O)C1. The summed E-state index contributed by atoms with van der Waals surface area (Å²) < 4.78 is 88.9. The first kappa shape index (κ1) is 18.5. The van der Waals surface area contributed by atoms with Gasteiger partial charge in [-0.15, -0.1) is 0 Å². The van der Waals surface area contributed by atoms with E-state index in [2.05, 4.69) is 4.72 Å². The van der Waals surface area contributed by atoms with Gasteiger partial charge in [0, 0.05) is 10.6 Å². The van der Waals surface area contributed by atoms with Crippen molar-refractivity contribution in [2.75, 3.05) is 11.5 Å². The maximum atomic E-state index is 13.0. The van der Waals surface area contributed by atoms with E-state index in [0.29, 0.717) is 6.07 Å².